The minimum absolute atomic E-state index is 0.672. The second kappa shape index (κ2) is 4.44. The van der Waals surface area contributed by atoms with E-state index in [9.17, 15) is 0 Å². The summed E-state index contributed by atoms with van der Waals surface area (Å²) in [4.78, 5) is 2.54. The summed E-state index contributed by atoms with van der Waals surface area (Å²) in [5.41, 5.74) is 0.792. The van der Waals surface area contributed by atoms with Crippen LogP contribution in [0.2, 0.25) is 0 Å². The predicted molar refractivity (Wildman–Crippen MR) is 61.5 cm³/mol. The Bertz CT molecular complexity index is 226. The molecule has 0 unspecified atom stereocenters. The van der Waals surface area contributed by atoms with Crippen LogP contribution in [0, 0.1) is 5.41 Å². The van der Waals surface area contributed by atoms with Gasteiger partial charge in [-0.3, -0.25) is 0 Å². The molecule has 1 saturated heterocycles. The maximum atomic E-state index is 4.96. The van der Waals surface area contributed by atoms with Gasteiger partial charge in [0.15, 0.2) is 5.88 Å². The molecule has 1 saturated carbocycles. The largest absolute Gasteiger partial charge is 0.483 e. The molecule has 1 spiro atoms. The SMILES string of the molecule is C=C(NCCN1CCC2(CC1)CC2)OC. The molecule has 0 aromatic carbocycles. The van der Waals surface area contributed by atoms with Crippen molar-refractivity contribution in [3.8, 4) is 0 Å². The Hall–Kier alpha value is -0.700. The van der Waals surface area contributed by atoms with E-state index in [1.165, 1.54) is 38.8 Å². The lowest BCUT2D eigenvalue weighted by molar-refractivity contribution is 0.170. The highest BCUT2D eigenvalue weighted by molar-refractivity contribution is 4.96. The molecule has 0 radical (unpaired) electrons. The molecule has 0 amide bonds. The number of likely N-dealkylation sites (tertiary alicyclic amines) is 1. The molecule has 2 rings (SSSR count). The molecular formula is C12H22N2O. The van der Waals surface area contributed by atoms with Crippen LogP contribution < -0.4 is 5.32 Å². The van der Waals surface area contributed by atoms with Gasteiger partial charge in [-0.25, -0.2) is 0 Å². The van der Waals surface area contributed by atoms with Crippen LogP contribution in [0.5, 0.6) is 0 Å². The maximum absolute atomic E-state index is 4.96. The van der Waals surface area contributed by atoms with Gasteiger partial charge in [0.2, 0.25) is 0 Å². The lowest BCUT2D eigenvalue weighted by atomic mass is 9.94. The van der Waals surface area contributed by atoms with E-state index in [0.717, 1.165) is 18.5 Å². The van der Waals surface area contributed by atoms with E-state index in [-0.39, 0.29) is 0 Å². The minimum atomic E-state index is 0.672. The molecule has 1 aliphatic carbocycles. The molecule has 2 fully saturated rings. The Balaban J connectivity index is 1.58. The zero-order valence-corrected chi connectivity index (χ0v) is 9.72. The average Bonchev–Trinajstić information content (AvgIpc) is 3.01. The third-order valence-corrected chi connectivity index (χ3v) is 3.87. The summed E-state index contributed by atoms with van der Waals surface area (Å²) in [6, 6.07) is 0. The number of rotatable bonds is 5. The maximum Gasteiger partial charge on any atom is 0.178 e. The van der Waals surface area contributed by atoms with Crippen molar-refractivity contribution in [1.29, 1.82) is 0 Å². The van der Waals surface area contributed by atoms with Crippen molar-refractivity contribution in [2.75, 3.05) is 33.3 Å². The summed E-state index contributed by atoms with van der Waals surface area (Å²) < 4.78 is 4.96. The molecular weight excluding hydrogens is 188 g/mol. The van der Waals surface area contributed by atoms with Crippen molar-refractivity contribution in [1.82, 2.24) is 10.2 Å². The Kier molecular flexibility index (Phi) is 3.19. The van der Waals surface area contributed by atoms with Crippen molar-refractivity contribution in [3.05, 3.63) is 12.5 Å². The van der Waals surface area contributed by atoms with E-state index >= 15 is 0 Å². The molecule has 15 heavy (non-hydrogen) atoms. The van der Waals surface area contributed by atoms with E-state index in [2.05, 4.69) is 16.8 Å². The van der Waals surface area contributed by atoms with Crippen LogP contribution in [-0.2, 0) is 4.74 Å². The fourth-order valence-corrected chi connectivity index (χ4v) is 2.35. The third-order valence-electron chi connectivity index (χ3n) is 3.87. The van der Waals surface area contributed by atoms with Crippen LogP contribution in [0.3, 0.4) is 0 Å². The minimum Gasteiger partial charge on any atom is -0.483 e. The molecule has 0 bridgehead atoms. The smallest absolute Gasteiger partial charge is 0.178 e. The van der Waals surface area contributed by atoms with Gasteiger partial charge in [0, 0.05) is 13.1 Å². The van der Waals surface area contributed by atoms with Crippen LogP contribution in [0.4, 0.5) is 0 Å². The Morgan fingerprint density at radius 3 is 2.53 bits per heavy atom. The quantitative estimate of drug-likeness (QED) is 0.697. The number of methoxy groups -OCH3 is 1. The van der Waals surface area contributed by atoms with Gasteiger partial charge in [-0.1, -0.05) is 0 Å². The molecule has 1 N–H and O–H groups in total. The summed E-state index contributed by atoms with van der Waals surface area (Å²) >= 11 is 0. The number of hydrogen-bond donors (Lipinski definition) is 1. The van der Waals surface area contributed by atoms with Crippen molar-refractivity contribution in [2.24, 2.45) is 5.41 Å². The first-order valence-corrected chi connectivity index (χ1v) is 5.93. The zero-order valence-electron chi connectivity index (χ0n) is 9.72. The number of nitrogens with zero attached hydrogens (tertiary/aromatic N) is 1. The van der Waals surface area contributed by atoms with E-state index in [1.807, 2.05) is 0 Å². The highest BCUT2D eigenvalue weighted by atomic mass is 16.5. The van der Waals surface area contributed by atoms with Crippen LogP contribution in [0.1, 0.15) is 25.7 Å². The monoisotopic (exact) mass is 210 g/mol. The first-order chi connectivity index (χ1) is 7.24. The van der Waals surface area contributed by atoms with Crippen molar-refractivity contribution >= 4 is 0 Å². The predicted octanol–water partition coefficient (Wildman–Crippen LogP) is 1.57. The van der Waals surface area contributed by atoms with Gasteiger partial charge >= 0.3 is 0 Å². The molecule has 0 atom stereocenters. The Morgan fingerprint density at radius 1 is 1.33 bits per heavy atom. The van der Waals surface area contributed by atoms with Gasteiger partial charge in [-0.05, 0) is 50.8 Å². The highest BCUT2D eigenvalue weighted by Crippen LogP contribution is 2.53. The summed E-state index contributed by atoms with van der Waals surface area (Å²) in [5.74, 6) is 0.672. The number of piperidine rings is 1. The van der Waals surface area contributed by atoms with Gasteiger partial charge in [-0.2, -0.15) is 0 Å². The van der Waals surface area contributed by atoms with Crippen molar-refractivity contribution < 1.29 is 4.74 Å². The Labute approximate surface area is 92.5 Å². The normalized spacial score (nSPS) is 23.8. The average molecular weight is 210 g/mol. The molecule has 1 aliphatic heterocycles. The molecule has 1 heterocycles. The standard InChI is InChI=1S/C12H22N2O/c1-11(15-2)13-7-10-14-8-5-12(3-4-12)6-9-14/h13H,1,3-10H2,2H3. The van der Waals surface area contributed by atoms with Gasteiger partial charge in [-0.15, -0.1) is 0 Å². The topological polar surface area (TPSA) is 24.5 Å². The summed E-state index contributed by atoms with van der Waals surface area (Å²) in [6.45, 7) is 8.35. The first kappa shape index (κ1) is 10.8. The van der Waals surface area contributed by atoms with Crippen molar-refractivity contribution in [2.45, 2.75) is 25.7 Å². The molecule has 2 aliphatic rings. The fourth-order valence-electron chi connectivity index (χ4n) is 2.35. The van der Waals surface area contributed by atoms with Crippen molar-refractivity contribution in [3.63, 3.8) is 0 Å². The zero-order chi connectivity index (χ0) is 10.7. The lowest BCUT2D eigenvalue weighted by Gasteiger charge is -2.32. The Morgan fingerprint density at radius 2 is 2.00 bits per heavy atom. The summed E-state index contributed by atoms with van der Waals surface area (Å²) in [6.07, 6.45) is 5.80. The molecule has 0 aromatic heterocycles. The number of hydrogen-bond acceptors (Lipinski definition) is 3. The molecule has 3 nitrogen and oxygen atoms in total. The summed E-state index contributed by atoms with van der Waals surface area (Å²) in [5, 5.41) is 3.16. The van der Waals surface area contributed by atoms with Crippen LogP contribution in [-0.4, -0.2) is 38.2 Å². The summed E-state index contributed by atoms with van der Waals surface area (Å²) in [7, 11) is 1.65. The van der Waals surface area contributed by atoms with Gasteiger partial charge < -0.3 is 15.0 Å². The van der Waals surface area contributed by atoms with E-state index in [4.69, 9.17) is 4.74 Å². The lowest BCUT2D eigenvalue weighted by Crippen LogP contribution is -2.38. The first-order valence-electron chi connectivity index (χ1n) is 5.93. The van der Waals surface area contributed by atoms with Gasteiger partial charge in [0.05, 0.1) is 7.11 Å². The van der Waals surface area contributed by atoms with E-state index in [1.54, 1.807) is 7.11 Å². The van der Waals surface area contributed by atoms with Crippen LogP contribution in [0.15, 0.2) is 12.5 Å². The fraction of sp³-hybridized carbons (Fsp3) is 0.833. The van der Waals surface area contributed by atoms with E-state index < -0.39 is 0 Å². The van der Waals surface area contributed by atoms with Crippen LogP contribution >= 0.6 is 0 Å². The second-order valence-corrected chi connectivity index (χ2v) is 4.90. The second-order valence-electron chi connectivity index (χ2n) is 4.90. The number of nitrogens with one attached hydrogen (secondary N) is 1. The highest BCUT2D eigenvalue weighted by Gasteiger charge is 2.44. The number of ether oxygens (including phenoxy) is 1. The van der Waals surface area contributed by atoms with Gasteiger partial charge in [0.25, 0.3) is 0 Å². The molecule has 0 aromatic rings. The van der Waals surface area contributed by atoms with E-state index in [0.29, 0.717) is 5.88 Å². The molecule has 3 heteroatoms. The molecule has 86 valence electrons. The van der Waals surface area contributed by atoms with Crippen LogP contribution in [0.25, 0.3) is 0 Å². The van der Waals surface area contributed by atoms with Gasteiger partial charge in [0.1, 0.15) is 0 Å². The third kappa shape index (κ3) is 2.88.